The van der Waals surface area contributed by atoms with Crippen molar-refractivity contribution < 1.29 is 48.8 Å². The number of carbonyl (C=O) groups is 2. The molecule has 0 saturated heterocycles. The number of carboxylic acids is 2. The maximum absolute atomic E-state index is 11.0. The number of rotatable bonds is 20. The first-order chi connectivity index (χ1) is 18.5. The van der Waals surface area contributed by atoms with Gasteiger partial charge in [0.2, 0.25) is 0 Å². The second kappa shape index (κ2) is 24.6. The molecule has 2 aromatic carbocycles. The maximum atomic E-state index is 11.0. The minimum Gasteiger partial charge on any atom is -0.493 e. The number of hydrogen-bond acceptors (Lipinski definition) is 4. The van der Waals surface area contributed by atoms with Crippen LogP contribution in [-0.2, 0) is 19.5 Å². The summed E-state index contributed by atoms with van der Waals surface area (Å²) >= 11 is 0. The van der Waals surface area contributed by atoms with E-state index in [9.17, 15) is 9.59 Å². The van der Waals surface area contributed by atoms with Crippen molar-refractivity contribution in [3.8, 4) is 11.5 Å². The topological polar surface area (TPSA) is 93.1 Å². The zero-order valence-electron chi connectivity index (χ0n) is 24.2. The van der Waals surface area contributed by atoms with Gasteiger partial charge >= 0.3 is 11.9 Å². The second-order valence-corrected chi connectivity index (χ2v) is 9.54. The van der Waals surface area contributed by atoms with E-state index in [2.05, 4.69) is 13.8 Å². The smallest absolute Gasteiger partial charge is 0.339 e. The third-order valence-electron chi connectivity index (χ3n) is 6.25. The Morgan fingerprint density at radius 3 is 1.18 bits per heavy atom. The van der Waals surface area contributed by atoms with Gasteiger partial charge in [0.1, 0.15) is 22.6 Å². The van der Waals surface area contributed by atoms with Crippen molar-refractivity contribution in [3.05, 3.63) is 59.7 Å². The molecule has 0 aliphatic heterocycles. The summed E-state index contributed by atoms with van der Waals surface area (Å²) in [6, 6.07) is 13.6. The monoisotopic (exact) mass is 592 g/mol. The minimum atomic E-state index is -0.935. The summed E-state index contributed by atoms with van der Waals surface area (Å²) < 4.78 is 11.1. The minimum absolute atomic E-state index is 0. The molecule has 0 aliphatic carbocycles. The van der Waals surface area contributed by atoms with Crippen molar-refractivity contribution in [2.75, 3.05) is 13.2 Å². The predicted molar refractivity (Wildman–Crippen MR) is 154 cm³/mol. The Morgan fingerprint density at radius 2 is 0.846 bits per heavy atom. The zero-order chi connectivity index (χ0) is 27.8. The number of hydrogen-bond donors (Lipinski definition) is 2. The molecule has 39 heavy (non-hydrogen) atoms. The van der Waals surface area contributed by atoms with Crippen LogP contribution in [0.25, 0.3) is 0 Å². The summed E-state index contributed by atoms with van der Waals surface area (Å²) in [5.41, 5.74) is 0.482. The van der Waals surface area contributed by atoms with Crippen molar-refractivity contribution in [2.24, 2.45) is 0 Å². The molecule has 2 rings (SSSR count). The van der Waals surface area contributed by atoms with Crippen LogP contribution in [0.2, 0.25) is 0 Å². The van der Waals surface area contributed by atoms with Gasteiger partial charge in [-0.3, -0.25) is 0 Å². The van der Waals surface area contributed by atoms with E-state index in [1.165, 1.54) is 64.2 Å². The number of aromatic carboxylic acids is 2. The molecule has 0 heterocycles. The third kappa shape index (κ3) is 17.7. The van der Waals surface area contributed by atoms with Gasteiger partial charge in [0, 0.05) is 19.5 Å². The van der Waals surface area contributed by atoms with Crippen molar-refractivity contribution >= 4 is 11.9 Å². The van der Waals surface area contributed by atoms with Gasteiger partial charge in [-0.1, -0.05) is 115 Å². The average molecular weight is 594 g/mol. The van der Waals surface area contributed by atoms with Crippen LogP contribution in [0.5, 0.6) is 11.5 Å². The fourth-order valence-electron chi connectivity index (χ4n) is 4.02. The van der Waals surface area contributed by atoms with E-state index in [-0.39, 0.29) is 30.6 Å². The van der Waals surface area contributed by atoms with E-state index >= 15 is 0 Å². The fourth-order valence-corrected chi connectivity index (χ4v) is 4.02. The van der Waals surface area contributed by atoms with Gasteiger partial charge < -0.3 is 19.7 Å². The zero-order valence-corrected chi connectivity index (χ0v) is 27.1. The van der Waals surface area contributed by atoms with Crippen LogP contribution in [0, 0.1) is 0 Å². The molecule has 0 fully saturated rings. The van der Waals surface area contributed by atoms with Gasteiger partial charge in [0.05, 0.1) is 13.2 Å². The van der Waals surface area contributed by atoms with Crippen molar-refractivity contribution in [3.63, 3.8) is 0 Å². The normalized spacial score (nSPS) is 10.1. The van der Waals surface area contributed by atoms with Gasteiger partial charge in [-0.25, -0.2) is 9.59 Å². The van der Waals surface area contributed by atoms with Crippen molar-refractivity contribution in [1.29, 1.82) is 0 Å². The molecule has 214 valence electrons. The molecule has 0 bridgehead atoms. The summed E-state index contributed by atoms with van der Waals surface area (Å²) in [6.45, 7) is 5.62. The van der Waals surface area contributed by atoms with Crippen LogP contribution >= 0.6 is 0 Å². The SMILES string of the molecule is CCCCCCCCCOc1ccccc1C(=O)O.CCCCCCCCCOc1ccccc1C(=O)O.[Zn]. The summed E-state index contributed by atoms with van der Waals surface area (Å²) in [7, 11) is 0. The molecular weight excluding hydrogens is 546 g/mol. The molecular formula is C32H48O6Zn. The molecule has 2 N–H and O–H groups in total. The van der Waals surface area contributed by atoms with Gasteiger partial charge in [-0.05, 0) is 37.1 Å². The first-order valence-electron chi connectivity index (χ1n) is 14.4. The standard InChI is InChI=1S/2C16H24O3.Zn/c2*1-2-3-4-5-6-7-10-13-19-15-12-9-8-11-14(15)16(17)18;/h2*8-9,11-12H,2-7,10,13H2,1H3,(H,17,18);. The molecule has 0 aromatic heterocycles. The van der Waals surface area contributed by atoms with Crippen molar-refractivity contribution in [2.45, 2.75) is 104 Å². The molecule has 7 heteroatoms. The van der Waals surface area contributed by atoms with E-state index in [4.69, 9.17) is 19.7 Å². The Morgan fingerprint density at radius 1 is 0.538 bits per heavy atom. The summed E-state index contributed by atoms with van der Waals surface area (Å²) in [5.74, 6) is -0.924. The second-order valence-electron chi connectivity index (χ2n) is 9.54. The first kappa shape index (κ1) is 36.6. The Hall–Kier alpha value is -2.40. The van der Waals surface area contributed by atoms with Crippen LogP contribution in [0.3, 0.4) is 0 Å². The van der Waals surface area contributed by atoms with Crippen LogP contribution in [-0.4, -0.2) is 35.4 Å². The molecule has 0 amide bonds. The summed E-state index contributed by atoms with van der Waals surface area (Å²) in [6.07, 6.45) is 17.2. The third-order valence-corrected chi connectivity index (χ3v) is 6.25. The first-order valence-corrected chi connectivity index (χ1v) is 14.4. The molecule has 0 spiro atoms. The number of ether oxygens (including phenoxy) is 2. The Bertz CT molecular complexity index is 828. The Balaban J connectivity index is 0.000000722. The Kier molecular flexibility index (Phi) is 23.1. The average Bonchev–Trinajstić information content (AvgIpc) is 2.92. The Labute approximate surface area is 248 Å². The van der Waals surface area contributed by atoms with E-state index < -0.39 is 11.9 Å². The summed E-state index contributed by atoms with van der Waals surface area (Å²) in [4.78, 5) is 22.0. The van der Waals surface area contributed by atoms with Crippen LogP contribution in [0.1, 0.15) is 124 Å². The molecule has 0 aliphatic rings. The number of carboxylic acid groups (broad SMARTS) is 2. The number of para-hydroxylation sites is 2. The van der Waals surface area contributed by atoms with Gasteiger partial charge in [0.15, 0.2) is 0 Å². The van der Waals surface area contributed by atoms with Crippen molar-refractivity contribution in [1.82, 2.24) is 0 Å². The molecule has 0 atom stereocenters. The number of unbranched alkanes of at least 4 members (excludes halogenated alkanes) is 12. The van der Waals surface area contributed by atoms with Crippen LogP contribution in [0.15, 0.2) is 48.5 Å². The van der Waals surface area contributed by atoms with Crippen LogP contribution < -0.4 is 9.47 Å². The van der Waals surface area contributed by atoms with Crippen LogP contribution in [0.4, 0.5) is 0 Å². The molecule has 2 aromatic rings. The molecule has 0 radical (unpaired) electrons. The maximum Gasteiger partial charge on any atom is 0.339 e. The molecule has 6 nitrogen and oxygen atoms in total. The molecule has 0 saturated carbocycles. The fraction of sp³-hybridized carbons (Fsp3) is 0.562. The summed E-state index contributed by atoms with van der Waals surface area (Å²) in [5, 5.41) is 18.0. The van der Waals surface area contributed by atoms with E-state index in [0.29, 0.717) is 24.7 Å². The van der Waals surface area contributed by atoms with E-state index in [0.717, 1.165) is 25.7 Å². The molecule has 0 unspecified atom stereocenters. The number of benzene rings is 2. The van der Waals surface area contributed by atoms with Gasteiger partial charge in [-0.15, -0.1) is 0 Å². The van der Waals surface area contributed by atoms with E-state index in [1.54, 1.807) is 48.5 Å². The van der Waals surface area contributed by atoms with Gasteiger partial charge in [0.25, 0.3) is 0 Å². The van der Waals surface area contributed by atoms with E-state index in [1.807, 2.05) is 0 Å². The predicted octanol–water partition coefficient (Wildman–Crippen LogP) is 9.03. The largest absolute Gasteiger partial charge is 0.493 e. The van der Waals surface area contributed by atoms with Gasteiger partial charge in [-0.2, -0.15) is 0 Å². The quantitative estimate of drug-likeness (QED) is 0.117.